The van der Waals surface area contributed by atoms with Crippen molar-refractivity contribution in [3.05, 3.63) is 29.8 Å². The minimum Gasteiger partial charge on any atom is -0.494 e. The molecule has 132 valence electrons. The molecule has 2 N–H and O–H groups in total. The van der Waals surface area contributed by atoms with E-state index in [4.69, 9.17) is 4.74 Å². The lowest BCUT2D eigenvalue weighted by Gasteiger charge is -2.23. The number of hydrogen-bond donors (Lipinski definition) is 2. The van der Waals surface area contributed by atoms with E-state index in [9.17, 15) is 4.79 Å². The molecule has 23 heavy (non-hydrogen) atoms. The SMILES string of the molecule is CCOc1ccccc1C(CC(C)C)NC(=O)CCCNC.Cl. The Kier molecular flexibility index (Phi) is 11.5. The van der Waals surface area contributed by atoms with Gasteiger partial charge in [0.2, 0.25) is 5.91 Å². The lowest BCUT2D eigenvalue weighted by atomic mass is 9.96. The molecule has 1 atom stereocenters. The first-order valence-corrected chi connectivity index (χ1v) is 8.24. The van der Waals surface area contributed by atoms with Crippen molar-refractivity contribution >= 4 is 18.3 Å². The van der Waals surface area contributed by atoms with E-state index in [1.165, 1.54) is 0 Å². The molecule has 1 rings (SSSR count). The summed E-state index contributed by atoms with van der Waals surface area (Å²) in [5.41, 5.74) is 1.07. The molecule has 0 aromatic heterocycles. The van der Waals surface area contributed by atoms with Crippen molar-refractivity contribution in [1.29, 1.82) is 0 Å². The van der Waals surface area contributed by atoms with Crippen molar-refractivity contribution in [3.8, 4) is 5.75 Å². The first-order chi connectivity index (χ1) is 10.6. The Bertz CT molecular complexity index is 452. The van der Waals surface area contributed by atoms with Gasteiger partial charge < -0.3 is 15.4 Å². The minimum atomic E-state index is 0. The number of benzene rings is 1. The smallest absolute Gasteiger partial charge is 0.220 e. The molecule has 0 aliphatic carbocycles. The van der Waals surface area contributed by atoms with Crippen LogP contribution >= 0.6 is 12.4 Å². The van der Waals surface area contributed by atoms with Crippen LogP contribution in [0.2, 0.25) is 0 Å². The Hall–Kier alpha value is -1.26. The first kappa shape index (κ1) is 21.7. The van der Waals surface area contributed by atoms with Crippen LogP contribution in [0.3, 0.4) is 0 Å². The third kappa shape index (κ3) is 8.24. The van der Waals surface area contributed by atoms with E-state index in [0.717, 1.165) is 30.7 Å². The minimum absolute atomic E-state index is 0. The van der Waals surface area contributed by atoms with Gasteiger partial charge in [0.1, 0.15) is 5.75 Å². The molecule has 4 nitrogen and oxygen atoms in total. The van der Waals surface area contributed by atoms with Crippen LogP contribution in [0.4, 0.5) is 0 Å². The molecule has 0 fully saturated rings. The molecule has 1 amide bonds. The molecule has 0 heterocycles. The highest BCUT2D eigenvalue weighted by Gasteiger charge is 2.19. The molecule has 0 aliphatic heterocycles. The summed E-state index contributed by atoms with van der Waals surface area (Å²) in [5, 5.41) is 6.24. The largest absolute Gasteiger partial charge is 0.494 e. The number of halogens is 1. The highest BCUT2D eigenvalue weighted by Crippen LogP contribution is 2.29. The summed E-state index contributed by atoms with van der Waals surface area (Å²) in [5.74, 6) is 1.47. The predicted molar refractivity (Wildman–Crippen MR) is 98.4 cm³/mol. The van der Waals surface area contributed by atoms with Gasteiger partial charge in [-0.3, -0.25) is 4.79 Å². The van der Waals surface area contributed by atoms with Crippen LogP contribution in [0.15, 0.2) is 24.3 Å². The van der Waals surface area contributed by atoms with Gasteiger partial charge in [0, 0.05) is 12.0 Å². The topological polar surface area (TPSA) is 50.4 Å². The third-order valence-electron chi connectivity index (χ3n) is 3.47. The maximum Gasteiger partial charge on any atom is 0.220 e. The summed E-state index contributed by atoms with van der Waals surface area (Å²) < 4.78 is 5.72. The van der Waals surface area contributed by atoms with Crippen LogP contribution in [0.5, 0.6) is 5.75 Å². The maximum absolute atomic E-state index is 12.2. The summed E-state index contributed by atoms with van der Waals surface area (Å²) in [4.78, 5) is 12.2. The van der Waals surface area contributed by atoms with Crippen molar-refractivity contribution in [2.45, 2.75) is 46.1 Å². The number of carbonyl (C=O) groups is 1. The van der Waals surface area contributed by atoms with E-state index in [-0.39, 0.29) is 24.4 Å². The number of amides is 1. The number of ether oxygens (including phenoxy) is 1. The number of hydrogen-bond acceptors (Lipinski definition) is 3. The summed E-state index contributed by atoms with van der Waals surface area (Å²) in [7, 11) is 1.90. The van der Waals surface area contributed by atoms with E-state index in [1.807, 2.05) is 38.2 Å². The van der Waals surface area contributed by atoms with Crippen molar-refractivity contribution in [3.63, 3.8) is 0 Å². The fourth-order valence-electron chi connectivity index (χ4n) is 2.48. The second-order valence-electron chi connectivity index (χ2n) is 5.93. The van der Waals surface area contributed by atoms with Crippen LogP contribution in [0.25, 0.3) is 0 Å². The Morgan fingerprint density at radius 3 is 2.57 bits per heavy atom. The number of carbonyl (C=O) groups excluding carboxylic acids is 1. The molecule has 0 spiro atoms. The Balaban J connectivity index is 0.00000484. The van der Waals surface area contributed by atoms with Crippen LogP contribution in [-0.2, 0) is 4.79 Å². The highest BCUT2D eigenvalue weighted by molar-refractivity contribution is 5.85. The van der Waals surface area contributed by atoms with Crippen molar-refractivity contribution in [2.75, 3.05) is 20.2 Å². The lowest BCUT2D eigenvalue weighted by molar-refractivity contribution is -0.122. The standard InChI is InChI=1S/C18H30N2O2.ClH/c1-5-22-17-10-7-6-9-15(17)16(13-14(2)3)20-18(21)11-8-12-19-4;/h6-7,9-10,14,16,19H,5,8,11-13H2,1-4H3,(H,20,21);1H. The molecule has 0 bridgehead atoms. The van der Waals surface area contributed by atoms with Crippen LogP contribution in [-0.4, -0.2) is 26.1 Å². The van der Waals surface area contributed by atoms with E-state index >= 15 is 0 Å². The van der Waals surface area contributed by atoms with Gasteiger partial charge in [0.15, 0.2) is 0 Å². The van der Waals surface area contributed by atoms with Crippen LogP contribution in [0.1, 0.15) is 51.6 Å². The quantitative estimate of drug-likeness (QED) is 0.637. The predicted octanol–water partition coefficient (Wildman–Crippen LogP) is 3.71. The van der Waals surface area contributed by atoms with E-state index in [0.29, 0.717) is 18.9 Å². The monoisotopic (exact) mass is 342 g/mol. The molecular formula is C18H31ClN2O2. The van der Waals surface area contributed by atoms with Gasteiger partial charge in [0.25, 0.3) is 0 Å². The van der Waals surface area contributed by atoms with Gasteiger partial charge in [0.05, 0.1) is 12.6 Å². The van der Waals surface area contributed by atoms with Gasteiger partial charge in [-0.05, 0) is 45.3 Å². The van der Waals surface area contributed by atoms with Gasteiger partial charge >= 0.3 is 0 Å². The van der Waals surface area contributed by atoms with Gasteiger partial charge in [-0.2, -0.15) is 0 Å². The zero-order chi connectivity index (χ0) is 16.4. The molecule has 0 aliphatic rings. The summed E-state index contributed by atoms with van der Waals surface area (Å²) >= 11 is 0. The highest BCUT2D eigenvalue weighted by atomic mass is 35.5. The fourth-order valence-corrected chi connectivity index (χ4v) is 2.48. The first-order valence-electron chi connectivity index (χ1n) is 8.24. The summed E-state index contributed by atoms with van der Waals surface area (Å²) in [6, 6.07) is 7.99. The Morgan fingerprint density at radius 2 is 1.96 bits per heavy atom. The van der Waals surface area contributed by atoms with E-state index < -0.39 is 0 Å². The maximum atomic E-state index is 12.2. The number of nitrogens with one attached hydrogen (secondary N) is 2. The molecular weight excluding hydrogens is 312 g/mol. The molecule has 1 aromatic rings. The van der Waals surface area contributed by atoms with Crippen molar-refractivity contribution in [2.24, 2.45) is 5.92 Å². The molecule has 1 aromatic carbocycles. The number of rotatable bonds is 10. The lowest BCUT2D eigenvalue weighted by Crippen LogP contribution is -2.30. The number of para-hydroxylation sites is 1. The summed E-state index contributed by atoms with van der Waals surface area (Å²) in [6.45, 7) is 7.80. The third-order valence-corrected chi connectivity index (χ3v) is 3.47. The summed E-state index contributed by atoms with van der Waals surface area (Å²) in [6.07, 6.45) is 2.30. The van der Waals surface area contributed by atoms with E-state index in [1.54, 1.807) is 0 Å². The Labute approximate surface area is 146 Å². The Morgan fingerprint density at radius 1 is 1.26 bits per heavy atom. The zero-order valence-corrected chi connectivity index (χ0v) is 15.5. The molecule has 5 heteroatoms. The molecule has 1 unspecified atom stereocenters. The average Bonchev–Trinajstić information content (AvgIpc) is 2.47. The zero-order valence-electron chi connectivity index (χ0n) is 14.7. The molecule has 0 saturated heterocycles. The van der Waals surface area contributed by atoms with Crippen LogP contribution < -0.4 is 15.4 Å². The van der Waals surface area contributed by atoms with Crippen molar-refractivity contribution < 1.29 is 9.53 Å². The van der Waals surface area contributed by atoms with Gasteiger partial charge in [-0.1, -0.05) is 32.0 Å². The second-order valence-corrected chi connectivity index (χ2v) is 5.93. The average molecular weight is 343 g/mol. The second kappa shape index (κ2) is 12.2. The van der Waals surface area contributed by atoms with Crippen LogP contribution in [0, 0.1) is 5.92 Å². The van der Waals surface area contributed by atoms with Gasteiger partial charge in [-0.15, -0.1) is 12.4 Å². The molecule has 0 saturated carbocycles. The molecule has 0 radical (unpaired) electrons. The normalized spacial score (nSPS) is 11.7. The van der Waals surface area contributed by atoms with Crippen molar-refractivity contribution in [1.82, 2.24) is 10.6 Å². The van der Waals surface area contributed by atoms with E-state index in [2.05, 4.69) is 24.5 Å². The van der Waals surface area contributed by atoms with Gasteiger partial charge in [-0.25, -0.2) is 0 Å². The fraction of sp³-hybridized carbons (Fsp3) is 0.611.